The largest absolute Gasteiger partial charge is 0.497 e. The number of carbonyl (C=O) groups is 1. The molecule has 0 unspecified atom stereocenters. The van der Waals surface area contributed by atoms with E-state index in [1.54, 1.807) is 24.4 Å². The lowest BCUT2D eigenvalue weighted by molar-refractivity contribution is 0.0954. The van der Waals surface area contributed by atoms with Crippen molar-refractivity contribution in [3.05, 3.63) is 83.9 Å². The molecule has 0 radical (unpaired) electrons. The molecule has 0 aliphatic carbocycles. The number of nitrogens with one attached hydrogen (secondary N) is 2. The maximum Gasteiger partial charge on any atom is 0.271 e. The van der Waals surface area contributed by atoms with Crippen LogP contribution in [0.2, 0.25) is 0 Å². The molecule has 0 fully saturated rings. The average Bonchev–Trinajstić information content (AvgIpc) is 3.17. The van der Waals surface area contributed by atoms with Gasteiger partial charge < -0.3 is 14.5 Å². The predicted molar refractivity (Wildman–Crippen MR) is 118 cm³/mol. The van der Waals surface area contributed by atoms with E-state index < -0.39 is 0 Å². The number of fused-ring (bicyclic) bond motifs is 1. The van der Waals surface area contributed by atoms with E-state index in [0.29, 0.717) is 17.1 Å². The molecule has 6 heteroatoms. The fourth-order valence-electron chi connectivity index (χ4n) is 3.29. The third-order valence-electron chi connectivity index (χ3n) is 4.78. The number of methoxy groups -OCH3 is 2. The summed E-state index contributed by atoms with van der Waals surface area (Å²) in [5, 5.41) is 5.24. The molecule has 1 amide bonds. The van der Waals surface area contributed by atoms with Gasteiger partial charge in [0.2, 0.25) is 0 Å². The second-order valence-corrected chi connectivity index (χ2v) is 6.63. The van der Waals surface area contributed by atoms with Crippen LogP contribution >= 0.6 is 0 Å². The maximum absolute atomic E-state index is 12.6. The molecule has 0 aliphatic rings. The van der Waals surface area contributed by atoms with Crippen LogP contribution in [0, 0.1) is 0 Å². The number of hydrogen-bond acceptors (Lipinski definition) is 4. The topological polar surface area (TPSA) is 75.7 Å². The van der Waals surface area contributed by atoms with Gasteiger partial charge in [0, 0.05) is 28.1 Å². The summed E-state index contributed by atoms with van der Waals surface area (Å²) in [5.74, 6) is 0.711. The Labute approximate surface area is 174 Å². The van der Waals surface area contributed by atoms with Gasteiger partial charge in [-0.05, 0) is 23.8 Å². The lowest BCUT2D eigenvalue weighted by atomic mass is 10.1. The van der Waals surface area contributed by atoms with Crippen LogP contribution in [-0.2, 0) is 0 Å². The number of aromatic amines is 1. The lowest BCUT2D eigenvalue weighted by Crippen LogP contribution is -2.17. The molecule has 0 spiro atoms. The molecule has 1 aromatic heterocycles. The summed E-state index contributed by atoms with van der Waals surface area (Å²) >= 11 is 0. The van der Waals surface area contributed by atoms with Gasteiger partial charge in [0.1, 0.15) is 11.5 Å². The van der Waals surface area contributed by atoms with E-state index in [9.17, 15) is 4.79 Å². The molecule has 0 atom stereocenters. The van der Waals surface area contributed by atoms with Gasteiger partial charge in [-0.3, -0.25) is 4.79 Å². The molecule has 3 aromatic carbocycles. The second kappa shape index (κ2) is 8.53. The predicted octanol–water partition coefficient (Wildman–Crippen LogP) is 4.62. The molecule has 4 rings (SSSR count). The smallest absolute Gasteiger partial charge is 0.271 e. The number of ether oxygens (including phenoxy) is 2. The summed E-state index contributed by atoms with van der Waals surface area (Å²) in [5.41, 5.74) is 6.87. The van der Waals surface area contributed by atoms with Crippen molar-refractivity contribution in [2.75, 3.05) is 14.2 Å². The first-order valence-corrected chi connectivity index (χ1v) is 9.42. The van der Waals surface area contributed by atoms with Crippen molar-refractivity contribution in [1.29, 1.82) is 0 Å². The highest BCUT2D eigenvalue weighted by Crippen LogP contribution is 2.29. The molecule has 1 heterocycles. The third-order valence-corrected chi connectivity index (χ3v) is 4.78. The minimum atomic E-state index is -0.357. The molecule has 2 N–H and O–H groups in total. The monoisotopic (exact) mass is 399 g/mol. The molecular formula is C24H21N3O3. The van der Waals surface area contributed by atoms with Crippen molar-refractivity contribution in [2.45, 2.75) is 0 Å². The van der Waals surface area contributed by atoms with Crippen molar-refractivity contribution >= 4 is 23.0 Å². The standard InChI is InChI=1S/C24H21N3O3/c1-29-18-12-17(13-19(14-18)30-2)24(28)27-25-15-21-20-10-6-7-11-22(20)26-23(21)16-8-4-3-5-9-16/h3-15,26H,1-2H3,(H,27,28). The Balaban J connectivity index is 1.64. The van der Waals surface area contributed by atoms with Crippen molar-refractivity contribution < 1.29 is 14.3 Å². The van der Waals surface area contributed by atoms with E-state index in [1.165, 1.54) is 14.2 Å². The zero-order chi connectivity index (χ0) is 20.9. The van der Waals surface area contributed by atoms with Crippen LogP contribution in [0.3, 0.4) is 0 Å². The van der Waals surface area contributed by atoms with E-state index >= 15 is 0 Å². The van der Waals surface area contributed by atoms with E-state index in [2.05, 4.69) is 15.5 Å². The number of amides is 1. The number of H-pyrrole nitrogens is 1. The van der Waals surface area contributed by atoms with Crippen molar-refractivity contribution in [1.82, 2.24) is 10.4 Å². The quantitative estimate of drug-likeness (QED) is 0.367. The molecule has 0 saturated carbocycles. The van der Waals surface area contributed by atoms with Crippen LogP contribution in [0.5, 0.6) is 11.5 Å². The Kier molecular flexibility index (Phi) is 5.48. The highest BCUT2D eigenvalue weighted by atomic mass is 16.5. The Bertz CT molecular complexity index is 1190. The van der Waals surface area contributed by atoms with Gasteiger partial charge in [0.25, 0.3) is 5.91 Å². The molecule has 0 bridgehead atoms. The SMILES string of the molecule is COc1cc(OC)cc(C(=O)NN=Cc2c(-c3ccccc3)[nH]c3ccccc23)c1. The number of hydrogen-bond donors (Lipinski definition) is 2. The third kappa shape index (κ3) is 3.89. The van der Waals surface area contributed by atoms with Gasteiger partial charge in [-0.2, -0.15) is 5.10 Å². The Morgan fingerprint density at radius 1 is 0.933 bits per heavy atom. The summed E-state index contributed by atoms with van der Waals surface area (Å²) in [6.07, 6.45) is 1.66. The number of hydrazone groups is 1. The van der Waals surface area contributed by atoms with Crippen LogP contribution in [0.25, 0.3) is 22.2 Å². The van der Waals surface area contributed by atoms with Crippen LogP contribution in [0.4, 0.5) is 0 Å². The highest BCUT2D eigenvalue weighted by molar-refractivity contribution is 6.06. The molecule has 6 nitrogen and oxygen atoms in total. The number of rotatable bonds is 6. The van der Waals surface area contributed by atoms with Crippen LogP contribution < -0.4 is 14.9 Å². The number of nitrogens with zero attached hydrogens (tertiary/aromatic N) is 1. The number of para-hydroxylation sites is 1. The molecule has 0 aliphatic heterocycles. The van der Waals surface area contributed by atoms with E-state index in [0.717, 1.165) is 27.7 Å². The van der Waals surface area contributed by atoms with Crippen molar-refractivity contribution in [3.63, 3.8) is 0 Å². The van der Waals surface area contributed by atoms with Gasteiger partial charge in [0.15, 0.2) is 0 Å². The number of aromatic nitrogens is 1. The average molecular weight is 399 g/mol. The molecule has 150 valence electrons. The Morgan fingerprint density at radius 2 is 1.60 bits per heavy atom. The maximum atomic E-state index is 12.6. The summed E-state index contributed by atoms with van der Waals surface area (Å²) in [6.45, 7) is 0. The van der Waals surface area contributed by atoms with Gasteiger partial charge >= 0.3 is 0 Å². The van der Waals surface area contributed by atoms with E-state index in [4.69, 9.17) is 9.47 Å². The number of benzene rings is 3. The summed E-state index contributed by atoms with van der Waals surface area (Å²) in [4.78, 5) is 16.0. The minimum absolute atomic E-state index is 0.357. The van der Waals surface area contributed by atoms with Gasteiger partial charge in [-0.25, -0.2) is 5.43 Å². The zero-order valence-electron chi connectivity index (χ0n) is 16.7. The van der Waals surface area contributed by atoms with Gasteiger partial charge in [-0.15, -0.1) is 0 Å². The summed E-state index contributed by atoms with van der Waals surface area (Å²) < 4.78 is 10.4. The second-order valence-electron chi connectivity index (χ2n) is 6.63. The summed E-state index contributed by atoms with van der Waals surface area (Å²) in [6, 6.07) is 23.0. The molecule has 30 heavy (non-hydrogen) atoms. The van der Waals surface area contributed by atoms with Crippen molar-refractivity contribution in [3.8, 4) is 22.8 Å². The van der Waals surface area contributed by atoms with Crippen molar-refractivity contribution in [2.24, 2.45) is 5.10 Å². The first-order valence-electron chi connectivity index (χ1n) is 9.42. The lowest BCUT2D eigenvalue weighted by Gasteiger charge is -2.07. The fourth-order valence-corrected chi connectivity index (χ4v) is 3.29. The van der Waals surface area contributed by atoms with Crippen LogP contribution in [-0.4, -0.2) is 31.3 Å². The molecule has 0 saturated heterocycles. The first-order chi connectivity index (χ1) is 14.7. The Morgan fingerprint density at radius 3 is 2.30 bits per heavy atom. The van der Waals surface area contributed by atoms with Crippen LogP contribution in [0.15, 0.2) is 77.9 Å². The normalized spacial score (nSPS) is 11.0. The first kappa shape index (κ1) is 19.3. The molecular weight excluding hydrogens is 378 g/mol. The summed E-state index contributed by atoms with van der Waals surface area (Å²) in [7, 11) is 3.08. The zero-order valence-corrected chi connectivity index (χ0v) is 16.7. The molecule has 4 aromatic rings. The fraction of sp³-hybridized carbons (Fsp3) is 0.0833. The van der Waals surface area contributed by atoms with Gasteiger partial charge in [0.05, 0.1) is 26.1 Å². The van der Waals surface area contributed by atoms with E-state index in [1.807, 2.05) is 54.6 Å². The Hall–Kier alpha value is -4.06. The van der Waals surface area contributed by atoms with Gasteiger partial charge in [-0.1, -0.05) is 48.5 Å². The highest BCUT2D eigenvalue weighted by Gasteiger charge is 2.12. The number of carbonyl (C=O) groups excluding carboxylic acids is 1. The van der Waals surface area contributed by atoms with Crippen LogP contribution in [0.1, 0.15) is 15.9 Å². The van der Waals surface area contributed by atoms with E-state index in [-0.39, 0.29) is 5.91 Å². The minimum Gasteiger partial charge on any atom is -0.497 e.